The van der Waals surface area contributed by atoms with Gasteiger partial charge in [0.15, 0.2) is 5.84 Å². The molecule has 0 N–H and O–H groups in total. The summed E-state index contributed by atoms with van der Waals surface area (Å²) in [4.78, 5) is 11.9. The van der Waals surface area contributed by atoms with Crippen LogP contribution in [0.25, 0.3) is 6.08 Å². The Morgan fingerprint density at radius 1 is 0.675 bits per heavy atom. The summed E-state index contributed by atoms with van der Waals surface area (Å²) < 4.78 is 10.6. The van der Waals surface area contributed by atoms with Crippen molar-refractivity contribution in [3.8, 4) is 11.5 Å². The minimum atomic E-state index is 0.634. The lowest BCUT2D eigenvalue weighted by molar-refractivity contribution is 0.415. The van der Waals surface area contributed by atoms with E-state index in [-0.39, 0.29) is 0 Å². The van der Waals surface area contributed by atoms with Crippen LogP contribution in [0.5, 0.6) is 11.5 Å². The van der Waals surface area contributed by atoms with Crippen molar-refractivity contribution in [2.75, 3.05) is 19.1 Å². The van der Waals surface area contributed by atoms with Crippen LogP contribution < -0.4 is 14.4 Å². The number of nitrogens with zero attached hydrogens (tertiary/aromatic N) is 5. The number of methoxy groups -OCH3 is 2. The molecule has 7 nitrogen and oxygen atoms in total. The number of benzene rings is 4. The number of hydrogen-bond acceptors (Lipinski definition) is 7. The number of hydrogen-bond donors (Lipinski definition) is 0. The van der Waals surface area contributed by atoms with Crippen molar-refractivity contribution in [2.45, 2.75) is 0 Å². The topological polar surface area (TPSA) is 71.1 Å². The van der Waals surface area contributed by atoms with E-state index in [0.29, 0.717) is 16.0 Å². The van der Waals surface area contributed by atoms with E-state index >= 15 is 0 Å². The monoisotopic (exact) mass is 545 g/mol. The number of ether oxygens (including phenoxy) is 2. The first-order valence-corrected chi connectivity index (χ1v) is 13.4. The van der Waals surface area contributed by atoms with Crippen LogP contribution in [0.4, 0.5) is 17.1 Å². The van der Waals surface area contributed by atoms with Gasteiger partial charge < -0.3 is 9.47 Å². The number of amidine groups is 2. The zero-order valence-electron chi connectivity index (χ0n) is 22.1. The van der Waals surface area contributed by atoms with E-state index < -0.39 is 0 Å². The van der Waals surface area contributed by atoms with Gasteiger partial charge in [-0.25, -0.2) is 9.98 Å². The smallest absolute Gasteiger partial charge is 0.202 e. The van der Waals surface area contributed by atoms with Gasteiger partial charge in [-0.05, 0) is 84.1 Å². The summed E-state index contributed by atoms with van der Waals surface area (Å²) in [5.41, 5.74) is 3.52. The third kappa shape index (κ3) is 6.73. The number of anilines is 1. The van der Waals surface area contributed by atoms with Gasteiger partial charge in [0, 0.05) is 11.9 Å². The summed E-state index contributed by atoms with van der Waals surface area (Å²) >= 11 is 1.41. The van der Waals surface area contributed by atoms with Crippen molar-refractivity contribution in [1.29, 1.82) is 0 Å². The Morgan fingerprint density at radius 2 is 1.25 bits per heavy atom. The van der Waals surface area contributed by atoms with Gasteiger partial charge in [0.1, 0.15) is 16.5 Å². The normalized spacial score (nSPS) is 16.6. The maximum atomic E-state index is 5.32. The van der Waals surface area contributed by atoms with Gasteiger partial charge >= 0.3 is 0 Å². The van der Waals surface area contributed by atoms with Gasteiger partial charge in [0.05, 0.1) is 25.6 Å². The highest BCUT2D eigenvalue weighted by Gasteiger charge is 2.34. The fourth-order valence-electron chi connectivity index (χ4n) is 3.80. The zero-order valence-corrected chi connectivity index (χ0v) is 22.9. The van der Waals surface area contributed by atoms with Crippen molar-refractivity contribution in [1.82, 2.24) is 0 Å². The molecule has 0 unspecified atom stereocenters. The molecule has 0 bridgehead atoms. The Morgan fingerprint density at radius 3 is 1.85 bits per heavy atom. The zero-order chi connectivity index (χ0) is 27.6. The molecule has 0 radical (unpaired) electrons. The Kier molecular flexibility index (Phi) is 8.80. The van der Waals surface area contributed by atoms with E-state index in [1.807, 2.05) is 126 Å². The van der Waals surface area contributed by atoms with Crippen LogP contribution in [0.15, 0.2) is 135 Å². The van der Waals surface area contributed by atoms with E-state index in [4.69, 9.17) is 19.5 Å². The average molecular weight is 546 g/mol. The lowest BCUT2D eigenvalue weighted by Gasteiger charge is -2.17. The number of aliphatic imine (C=N–C) groups is 2. The Balaban J connectivity index is 1.56. The second kappa shape index (κ2) is 13.2. The minimum Gasteiger partial charge on any atom is -0.497 e. The third-order valence-corrected chi connectivity index (χ3v) is 6.71. The molecule has 0 saturated carbocycles. The number of para-hydroxylation sites is 1. The first-order chi connectivity index (χ1) is 19.7. The van der Waals surface area contributed by atoms with E-state index in [9.17, 15) is 0 Å². The van der Waals surface area contributed by atoms with Gasteiger partial charge in [0.2, 0.25) is 5.17 Å². The SMILES string of the molecule is COc1ccc(N=C2SC(=NN=C/C=C\c3ccccc3)N(c3ccccc3)C2=Nc2ccc(OC)cc2)cc1. The van der Waals surface area contributed by atoms with Gasteiger partial charge in [0.25, 0.3) is 0 Å². The van der Waals surface area contributed by atoms with Crippen LogP contribution in [0.1, 0.15) is 5.56 Å². The fourth-order valence-corrected chi connectivity index (χ4v) is 4.73. The predicted molar refractivity (Wildman–Crippen MR) is 168 cm³/mol. The van der Waals surface area contributed by atoms with Crippen molar-refractivity contribution < 1.29 is 9.47 Å². The van der Waals surface area contributed by atoms with Crippen LogP contribution in [-0.2, 0) is 0 Å². The van der Waals surface area contributed by atoms with E-state index in [0.717, 1.165) is 34.1 Å². The number of rotatable bonds is 8. The molecule has 0 aliphatic carbocycles. The summed E-state index contributed by atoms with van der Waals surface area (Å²) in [5.74, 6) is 2.17. The predicted octanol–water partition coefficient (Wildman–Crippen LogP) is 7.77. The molecule has 5 rings (SSSR count). The molecule has 1 heterocycles. The Bertz CT molecular complexity index is 1560. The molecule has 1 aliphatic rings. The molecule has 0 atom stereocenters. The molecule has 198 valence electrons. The fraction of sp³-hybridized carbons (Fsp3) is 0.0625. The number of allylic oxidation sites excluding steroid dienone is 1. The van der Waals surface area contributed by atoms with Gasteiger partial charge in [-0.2, -0.15) is 5.10 Å². The summed E-state index contributed by atoms with van der Waals surface area (Å²) in [6, 6.07) is 35.2. The van der Waals surface area contributed by atoms with Crippen molar-refractivity contribution in [2.24, 2.45) is 20.2 Å². The highest BCUT2D eigenvalue weighted by molar-refractivity contribution is 8.29. The average Bonchev–Trinajstić information content (AvgIpc) is 3.34. The molecule has 1 fully saturated rings. The molecule has 0 aromatic heterocycles. The first-order valence-electron chi connectivity index (χ1n) is 12.5. The molecule has 4 aromatic carbocycles. The summed E-state index contributed by atoms with van der Waals surface area (Å²) in [6.07, 6.45) is 5.51. The van der Waals surface area contributed by atoms with Crippen molar-refractivity contribution in [3.63, 3.8) is 0 Å². The second-order valence-corrected chi connectivity index (χ2v) is 9.39. The van der Waals surface area contributed by atoms with E-state index in [2.05, 4.69) is 10.2 Å². The summed E-state index contributed by atoms with van der Waals surface area (Å²) in [5, 5.41) is 10.2. The minimum absolute atomic E-state index is 0.634. The lowest BCUT2D eigenvalue weighted by Crippen LogP contribution is -2.30. The Labute approximate surface area is 237 Å². The molecule has 1 saturated heterocycles. The quantitative estimate of drug-likeness (QED) is 0.167. The maximum Gasteiger partial charge on any atom is 0.202 e. The van der Waals surface area contributed by atoms with Crippen molar-refractivity contribution in [3.05, 3.63) is 121 Å². The third-order valence-electron chi connectivity index (χ3n) is 5.79. The first kappa shape index (κ1) is 26.6. The molecule has 8 heteroatoms. The summed E-state index contributed by atoms with van der Waals surface area (Å²) in [6.45, 7) is 0. The Hall–Kier alpha value is -4.95. The standard InChI is InChI=1S/C32H27N5O2S/c1-38-28-19-15-25(16-20-28)34-30-31(35-26-17-21-29(39-2)22-18-26)40-32(37(30)27-13-7-4-8-14-27)36-33-23-9-12-24-10-5-3-6-11-24/h3-23H,1-2H3/b12-9-,33-23?,34-30?,35-31?,36-32?. The van der Waals surface area contributed by atoms with Crippen LogP contribution >= 0.6 is 11.8 Å². The van der Waals surface area contributed by atoms with E-state index in [1.54, 1.807) is 20.4 Å². The van der Waals surface area contributed by atoms with Gasteiger partial charge in [-0.1, -0.05) is 54.6 Å². The molecular formula is C32H27N5O2S. The van der Waals surface area contributed by atoms with Crippen LogP contribution in [0.3, 0.4) is 0 Å². The lowest BCUT2D eigenvalue weighted by atomic mass is 10.2. The molecule has 4 aromatic rings. The highest BCUT2D eigenvalue weighted by atomic mass is 32.2. The molecule has 1 aliphatic heterocycles. The molecular weight excluding hydrogens is 518 g/mol. The molecule has 0 spiro atoms. The maximum absolute atomic E-state index is 5.32. The van der Waals surface area contributed by atoms with Crippen LogP contribution in [0.2, 0.25) is 0 Å². The largest absolute Gasteiger partial charge is 0.497 e. The van der Waals surface area contributed by atoms with Gasteiger partial charge in [-0.15, -0.1) is 5.10 Å². The second-order valence-electron chi connectivity index (χ2n) is 8.44. The number of thioether (sulfide) groups is 1. The van der Waals surface area contributed by atoms with Crippen LogP contribution in [-0.4, -0.2) is 36.5 Å². The molecule has 40 heavy (non-hydrogen) atoms. The highest BCUT2D eigenvalue weighted by Crippen LogP contribution is 2.33. The van der Waals surface area contributed by atoms with Crippen LogP contribution in [0, 0.1) is 0 Å². The van der Waals surface area contributed by atoms with Crippen molar-refractivity contribution >= 4 is 57.2 Å². The molecule has 0 amide bonds. The summed E-state index contributed by atoms with van der Waals surface area (Å²) in [7, 11) is 3.28. The van der Waals surface area contributed by atoms with E-state index in [1.165, 1.54) is 11.8 Å². The van der Waals surface area contributed by atoms with Gasteiger partial charge in [-0.3, -0.25) is 4.90 Å².